The lowest BCUT2D eigenvalue weighted by molar-refractivity contribution is 0.102. The summed E-state index contributed by atoms with van der Waals surface area (Å²) in [6.07, 6.45) is 0. The number of hydrogen-bond donors (Lipinski definition) is 2. The standard InChI is InChI=1S/C18H16N2O4/c1-22-12-7-8-16(23-2)14(10-12)20-18(21)13-9-11-5-3-4-6-15(11)24-17(13)19/h3-10,19H,1-2H3,(H,20,21). The molecule has 3 rings (SSSR count). The second-order valence-electron chi connectivity index (χ2n) is 5.05. The molecule has 24 heavy (non-hydrogen) atoms. The number of rotatable bonds is 4. The predicted molar refractivity (Wildman–Crippen MR) is 89.6 cm³/mol. The first-order valence-electron chi connectivity index (χ1n) is 7.23. The highest BCUT2D eigenvalue weighted by Crippen LogP contribution is 2.29. The fourth-order valence-corrected chi connectivity index (χ4v) is 2.35. The van der Waals surface area contributed by atoms with E-state index in [1.807, 2.05) is 18.2 Å². The molecule has 0 aliphatic rings. The minimum Gasteiger partial charge on any atom is -0.497 e. The maximum atomic E-state index is 12.6. The molecule has 6 heteroatoms. The Labute approximate surface area is 138 Å². The van der Waals surface area contributed by atoms with E-state index in [0.717, 1.165) is 5.39 Å². The van der Waals surface area contributed by atoms with Crippen LogP contribution in [0.25, 0.3) is 11.0 Å². The summed E-state index contributed by atoms with van der Waals surface area (Å²) in [7, 11) is 3.05. The molecule has 0 saturated carbocycles. The van der Waals surface area contributed by atoms with E-state index in [2.05, 4.69) is 5.32 Å². The smallest absolute Gasteiger partial charge is 0.261 e. The zero-order valence-corrected chi connectivity index (χ0v) is 13.3. The van der Waals surface area contributed by atoms with Crippen LogP contribution in [0.1, 0.15) is 10.4 Å². The van der Waals surface area contributed by atoms with E-state index in [9.17, 15) is 4.79 Å². The predicted octanol–water partition coefficient (Wildman–Crippen LogP) is 3.18. The average molecular weight is 324 g/mol. The fourth-order valence-electron chi connectivity index (χ4n) is 2.35. The van der Waals surface area contributed by atoms with E-state index in [0.29, 0.717) is 22.8 Å². The summed E-state index contributed by atoms with van der Waals surface area (Å²) in [5.41, 5.74) is 0.944. The van der Waals surface area contributed by atoms with E-state index in [1.54, 1.807) is 30.3 Å². The molecule has 0 bridgehead atoms. The number of anilines is 1. The van der Waals surface area contributed by atoms with Gasteiger partial charge in [0.15, 0.2) is 0 Å². The minimum atomic E-state index is -0.457. The van der Waals surface area contributed by atoms with Crippen LogP contribution < -0.4 is 20.3 Å². The van der Waals surface area contributed by atoms with Crippen molar-refractivity contribution in [3.63, 3.8) is 0 Å². The third-order valence-electron chi connectivity index (χ3n) is 3.57. The number of hydrogen-bond acceptors (Lipinski definition) is 5. The monoisotopic (exact) mass is 324 g/mol. The molecule has 0 unspecified atom stereocenters. The third kappa shape index (κ3) is 2.94. The van der Waals surface area contributed by atoms with Gasteiger partial charge in [0.2, 0.25) is 5.55 Å². The molecule has 0 saturated heterocycles. The molecule has 2 N–H and O–H groups in total. The average Bonchev–Trinajstić information content (AvgIpc) is 2.60. The van der Waals surface area contributed by atoms with Crippen LogP contribution in [-0.2, 0) is 0 Å². The second kappa shape index (κ2) is 6.45. The van der Waals surface area contributed by atoms with E-state index in [-0.39, 0.29) is 11.1 Å². The Kier molecular flexibility index (Phi) is 4.20. The van der Waals surface area contributed by atoms with E-state index >= 15 is 0 Å². The van der Waals surface area contributed by atoms with Crippen molar-refractivity contribution in [3.8, 4) is 11.5 Å². The van der Waals surface area contributed by atoms with Crippen molar-refractivity contribution in [3.05, 3.63) is 59.6 Å². The van der Waals surface area contributed by atoms with Crippen molar-refractivity contribution in [1.29, 1.82) is 5.41 Å². The summed E-state index contributed by atoms with van der Waals surface area (Å²) in [6.45, 7) is 0. The summed E-state index contributed by atoms with van der Waals surface area (Å²) in [6, 6.07) is 13.9. The zero-order valence-electron chi connectivity index (χ0n) is 13.3. The molecule has 0 spiro atoms. The van der Waals surface area contributed by atoms with Crippen LogP contribution in [0.15, 0.2) is 52.9 Å². The quantitative estimate of drug-likeness (QED) is 0.772. The molecule has 1 aromatic heterocycles. The van der Waals surface area contributed by atoms with Gasteiger partial charge in [0.05, 0.1) is 19.9 Å². The zero-order chi connectivity index (χ0) is 17.1. The van der Waals surface area contributed by atoms with Gasteiger partial charge in [0, 0.05) is 11.5 Å². The first-order valence-corrected chi connectivity index (χ1v) is 7.23. The largest absolute Gasteiger partial charge is 0.497 e. The summed E-state index contributed by atoms with van der Waals surface area (Å²) in [4.78, 5) is 12.6. The topological polar surface area (TPSA) is 84.6 Å². The van der Waals surface area contributed by atoms with Crippen LogP contribution in [0.2, 0.25) is 0 Å². The maximum Gasteiger partial charge on any atom is 0.261 e. The van der Waals surface area contributed by atoms with Crippen molar-refractivity contribution in [2.45, 2.75) is 0 Å². The lowest BCUT2D eigenvalue weighted by Gasteiger charge is -2.12. The normalized spacial score (nSPS) is 10.4. The Balaban J connectivity index is 1.98. The number of benzene rings is 2. The number of carbonyl (C=O) groups is 1. The Morgan fingerprint density at radius 2 is 1.88 bits per heavy atom. The molecule has 122 valence electrons. The van der Waals surface area contributed by atoms with Crippen molar-refractivity contribution >= 4 is 22.6 Å². The summed E-state index contributed by atoms with van der Waals surface area (Å²) < 4.78 is 15.8. The Hall–Kier alpha value is -3.28. The SMILES string of the molecule is COc1ccc(OC)c(NC(=O)c2cc3ccccc3oc2=N)c1. The number of para-hydroxylation sites is 1. The number of nitrogens with one attached hydrogen (secondary N) is 2. The lowest BCUT2D eigenvalue weighted by atomic mass is 10.1. The van der Waals surface area contributed by atoms with Crippen LogP contribution in [0, 0.1) is 5.41 Å². The van der Waals surface area contributed by atoms with Crippen LogP contribution in [0.4, 0.5) is 5.69 Å². The van der Waals surface area contributed by atoms with Crippen molar-refractivity contribution in [2.24, 2.45) is 0 Å². The molecule has 1 heterocycles. The van der Waals surface area contributed by atoms with Gasteiger partial charge in [-0.05, 0) is 24.3 Å². The van der Waals surface area contributed by atoms with Crippen molar-refractivity contribution in [1.82, 2.24) is 0 Å². The maximum absolute atomic E-state index is 12.6. The van der Waals surface area contributed by atoms with Gasteiger partial charge in [0.25, 0.3) is 5.91 Å². The molecule has 0 aliphatic heterocycles. The number of fused-ring (bicyclic) bond motifs is 1. The molecule has 3 aromatic rings. The highest BCUT2D eigenvalue weighted by atomic mass is 16.5. The first kappa shape index (κ1) is 15.6. The molecule has 6 nitrogen and oxygen atoms in total. The lowest BCUT2D eigenvalue weighted by Crippen LogP contribution is -2.21. The number of methoxy groups -OCH3 is 2. The summed E-state index contributed by atoms with van der Waals surface area (Å²) >= 11 is 0. The van der Waals surface area contributed by atoms with Crippen molar-refractivity contribution < 1.29 is 18.7 Å². The highest BCUT2D eigenvalue weighted by molar-refractivity contribution is 6.06. The van der Waals surface area contributed by atoms with E-state index < -0.39 is 5.91 Å². The highest BCUT2D eigenvalue weighted by Gasteiger charge is 2.14. The van der Waals surface area contributed by atoms with Gasteiger partial charge in [-0.15, -0.1) is 0 Å². The van der Waals surface area contributed by atoms with Crippen molar-refractivity contribution in [2.75, 3.05) is 19.5 Å². The Morgan fingerprint density at radius 1 is 1.08 bits per heavy atom. The van der Waals surface area contributed by atoms with Gasteiger partial charge >= 0.3 is 0 Å². The second-order valence-corrected chi connectivity index (χ2v) is 5.05. The minimum absolute atomic E-state index is 0.138. The van der Waals surface area contributed by atoms with Crippen LogP contribution in [-0.4, -0.2) is 20.1 Å². The Bertz CT molecular complexity index is 963. The van der Waals surface area contributed by atoms with Crippen LogP contribution in [0.3, 0.4) is 0 Å². The first-order chi connectivity index (χ1) is 11.6. The summed E-state index contributed by atoms with van der Waals surface area (Å²) in [5.74, 6) is 0.620. The summed E-state index contributed by atoms with van der Waals surface area (Å²) in [5, 5.41) is 11.4. The van der Waals surface area contributed by atoms with Crippen LogP contribution >= 0.6 is 0 Å². The number of ether oxygens (including phenoxy) is 2. The van der Waals surface area contributed by atoms with Gasteiger partial charge in [-0.3, -0.25) is 10.2 Å². The van der Waals surface area contributed by atoms with E-state index in [1.165, 1.54) is 14.2 Å². The number of carbonyl (C=O) groups excluding carboxylic acids is 1. The number of amides is 1. The van der Waals surface area contributed by atoms with Crippen LogP contribution in [0.5, 0.6) is 11.5 Å². The molecule has 2 aromatic carbocycles. The van der Waals surface area contributed by atoms with Gasteiger partial charge < -0.3 is 19.2 Å². The molecular weight excluding hydrogens is 308 g/mol. The molecule has 0 radical (unpaired) electrons. The van der Waals surface area contributed by atoms with Gasteiger partial charge in [0.1, 0.15) is 22.6 Å². The fraction of sp³-hybridized carbons (Fsp3) is 0.111. The van der Waals surface area contributed by atoms with Gasteiger partial charge in [-0.1, -0.05) is 18.2 Å². The molecule has 0 aliphatic carbocycles. The molecule has 0 atom stereocenters. The molecule has 1 amide bonds. The third-order valence-corrected chi connectivity index (χ3v) is 3.57. The Morgan fingerprint density at radius 3 is 2.62 bits per heavy atom. The molecule has 0 fully saturated rings. The van der Waals surface area contributed by atoms with E-state index in [4.69, 9.17) is 19.3 Å². The molecular formula is C18H16N2O4. The van der Waals surface area contributed by atoms with Gasteiger partial charge in [-0.2, -0.15) is 0 Å². The van der Waals surface area contributed by atoms with Gasteiger partial charge in [-0.25, -0.2) is 0 Å².